The predicted molar refractivity (Wildman–Crippen MR) is 103 cm³/mol. The summed E-state index contributed by atoms with van der Waals surface area (Å²) >= 11 is 3.46. The first-order chi connectivity index (χ1) is 12.5. The Labute approximate surface area is 160 Å². The molecule has 3 aromatic rings. The van der Waals surface area contributed by atoms with Crippen LogP contribution in [0, 0.1) is 6.92 Å². The van der Waals surface area contributed by atoms with Crippen LogP contribution < -0.4 is 0 Å². The van der Waals surface area contributed by atoms with E-state index in [1.54, 1.807) is 6.20 Å². The summed E-state index contributed by atoms with van der Waals surface area (Å²) in [5.41, 5.74) is 3.46. The molecule has 0 bridgehead atoms. The monoisotopic (exact) mass is 413 g/mol. The van der Waals surface area contributed by atoms with Crippen LogP contribution in [-0.2, 0) is 4.74 Å². The maximum absolute atomic E-state index is 13.1. The molecule has 0 N–H and O–H groups in total. The molecule has 134 valence electrons. The highest BCUT2D eigenvalue weighted by Gasteiger charge is 2.34. The third-order valence-electron chi connectivity index (χ3n) is 4.85. The van der Waals surface area contributed by atoms with E-state index in [4.69, 9.17) is 4.74 Å². The van der Waals surface area contributed by atoms with Crippen LogP contribution in [0.1, 0.15) is 34.6 Å². The van der Waals surface area contributed by atoms with Gasteiger partial charge in [-0.25, -0.2) is 4.98 Å². The molecule has 1 saturated heterocycles. The minimum Gasteiger partial charge on any atom is -0.370 e. The Kier molecular flexibility index (Phi) is 4.54. The number of imidazole rings is 1. The van der Waals surface area contributed by atoms with Crippen molar-refractivity contribution in [2.75, 3.05) is 13.2 Å². The summed E-state index contributed by atoms with van der Waals surface area (Å²) in [6, 6.07) is 12.0. The van der Waals surface area contributed by atoms with E-state index in [-0.39, 0.29) is 18.1 Å². The Bertz CT molecular complexity index is 951. The lowest BCUT2D eigenvalue weighted by atomic mass is 10.0. The van der Waals surface area contributed by atoms with Gasteiger partial charge in [0.2, 0.25) is 0 Å². The third kappa shape index (κ3) is 3.15. The molecule has 1 aliphatic heterocycles. The molecule has 4 rings (SSSR count). The van der Waals surface area contributed by atoms with Crippen molar-refractivity contribution in [3.63, 3.8) is 0 Å². The van der Waals surface area contributed by atoms with Gasteiger partial charge in [-0.3, -0.25) is 4.79 Å². The van der Waals surface area contributed by atoms with E-state index in [1.165, 1.54) is 0 Å². The van der Waals surface area contributed by atoms with Crippen molar-refractivity contribution in [1.29, 1.82) is 0 Å². The maximum Gasteiger partial charge on any atom is 0.274 e. The SMILES string of the molecule is Cc1ccn2cc(C(=O)N3CCOC(c4ccc(Br)cc4)C3C)nc2c1. The maximum atomic E-state index is 13.1. The van der Waals surface area contributed by atoms with Crippen LogP contribution >= 0.6 is 15.9 Å². The zero-order valence-electron chi connectivity index (χ0n) is 14.7. The van der Waals surface area contributed by atoms with Gasteiger partial charge in [0.15, 0.2) is 0 Å². The van der Waals surface area contributed by atoms with E-state index >= 15 is 0 Å². The van der Waals surface area contributed by atoms with Crippen molar-refractivity contribution in [2.45, 2.75) is 26.0 Å². The first kappa shape index (κ1) is 17.2. The summed E-state index contributed by atoms with van der Waals surface area (Å²) in [4.78, 5) is 19.5. The quantitative estimate of drug-likeness (QED) is 0.637. The van der Waals surface area contributed by atoms with Gasteiger partial charge in [0, 0.05) is 23.4 Å². The van der Waals surface area contributed by atoms with Gasteiger partial charge in [-0.2, -0.15) is 0 Å². The molecule has 2 aromatic heterocycles. The average molecular weight is 414 g/mol. The van der Waals surface area contributed by atoms with Gasteiger partial charge < -0.3 is 14.0 Å². The number of fused-ring (bicyclic) bond motifs is 1. The van der Waals surface area contributed by atoms with E-state index in [0.717, 1.165) is 21.2 Å². The number of aryl methyl sites for hydroxylation is 1. The van der Waals surface area contributed by atoms with Gasteiger partial charge in [-0.1, -0.05) is 28.1 Å². The van der Waals surface area contributed by atoms with Gasteiger partial charge in [0.05, 0.1) is 12.6 Å². The standard InChI is InChI=1S/C20H20BrN3O2/c1-13-7-8-23-12-17(22-18(23)11-13)20(25)24-9-10-26-19(14(24)2)15-3-5-16(21)6-4-15/h3-8,11-12,14,19H,9-10H2,1-2H3. The summed E-state index contributed by atoms with van der Waals surface area (Å²) in [7, 11) is 0. The molecule has 0 radical (unpaired) electrons. The van der Waals surface area contributed by atoms with Crippen molar-refractivity contribution in [2.24, 2.45) is 0 Å². The lowest BCUT2D eigenvalue weighted by Crippen LogP contribution is -2.48. The summed E-state index contributed by atoms with van der Waals surface area (Å²) in [6.07, 6.45) is 3.59. The fraction of sp³-hybridized carbons (Fsp3) is 0.300. The zero-order valence-corrected chi connectivity index (χ0v) is 16.3. The fourth-order valence-electron chi connectivity index (χ4n) is 3.43. The van der Waals surface area contributed by atoms with Crippen LogP contribution in [0.15, 0.2) is 53.3 Å². The van der Waals surface area contributed by atoms with Crippen LogP contribution in [0.25, 0.3) is 5.65 Å². The highest BCUT2D eigenvalue weighted by atomic mass is 79.9. The number of carbonyl (C=O) groups excluding carboxylic acids is 1. The summed E-state index contributed by atoms with van der Waals surface area (Å²) in [5, 5.41) is 0. The second kappa shape index (κ2) is 6.85. The third-order valence-corrected chi connectivity index (χ3v) is 5.38. The van der Waals surface area contributed by atoms with Gasteiger partial charge in [0.1, 0.15) is 17.4 Å². The zero-order chi connectivity index (χ0) is 18.3. The lowest BCUT2D eigenvalue weighted by Gasteiger charge is -2.39. The second-order valence-corrected chi connectivity index (χ2v) is 7.59. The Morgan fingerprint density at radius 2 is 2.04 bits per heavy atom. The highest BCUT2D eigenvalue weighted by molar-refractivity contribution is 9.10. The number of rotatable bonds is 2. The van der Waals surface area contributed by atoms with Gasteiger partial charge in [-0.05, 0) is 49.2 Å². The molecule has 1 aliphatic rings. The number of aromatic nitrogens is 2. The molecule has 6 heteroatoms. The van der Waals surface area contributed by atoms with Gasteiger partial charge in [-0.15, -0.1) is 0 Å². The Morgan fingerprint density at radius 3 is 2.81 bits per heavy atom. The van der Waals surface area contributed by atoms with E-state index in [9.17, 15) is 4.79 Å². The molecule has 5 nitrogen and oxygen atoms in total. The fourth-order valence-corrected chi connectivity index (χ4v) is 3.70. The van der Waals surface area contributed by atoms with Crippen molar-refractivity contribution in [3.8, 4) is 0 Å². The Balaban J connectivity index is 1.60. The summed E-state index contributed by atoms with van der Waals surface area (Å²) < 4.78 is 8.88. The van der Waals surface area contributed by atoms with Crippen LogP contribution in [0.3, 0.4) is 0 Å². The molecule has 1 aromatic carbocycles. The molecule has 26 heavy (non-hydrogen) atoms. The van der Waals surface area contributed by atoms with Crippen LogP contribution in [0.4, 0.5) is 0 Å². The van der Waals surface area contributed by atoms with Crippen molar-refractivity contribution in [3.05, 3.63) is 70.1 Å². The molecule has 0 spiro atoms. The van der Waals surface area contributed by atoms with E-state index in [1.807, 2.05) is 65.7 Å². The molecule has 3 heterocycles. The molecular formula is C20H20BrN3O2. The Hall–Kier alpha value is -2.18. The number of benzene rings is 1. The molecule has 2 atom stereocenters. The lowest BCUT2D eigenvalue weighted by molar-refractivity contribution is -0.0553. The molecule has 0 aliphatic carbocycles. The van der Waals surface area contributed by atoms with Gasteiger partial charge in [0.25, 0.3) is 5.91 Å². The van der Waals surface area contributed by atoms with Crippen molar-refractivity contribution >= 4 is 27.5 Å². The van der Waals surface area contributed by atoms with Crippen LogP contribution in [-0.4, -0.2) is 39.4 Å². The minimum absolute atomic E-state index is 0.0516. The van der Waals surface area contributed by atoms with E-state index in [2.05, 4.69) is 20.9 Å². The molecule has 1 amide bonds. The van der Waals surface area contributed by atoms with Crippen LogP contribution in [0.2, 0.25) is 0 Å². The molecule has 2 unspecified atom stereocenters. The number of carbonyl (C=O) groups is 1. The number of ether oxygens (including phenoxy) is 1. The van der Waals surface area contributed by atoms with Gasteiger partial charge >= 0.3 is 0 Å². The molecular weight excluding hydrogens is 394 g/mol. The normalized spacial score (nSPS) is 20.5. The number of halogens is 1. The first-order valence-electron chi connectivity index (χ1n) is 8.66. The molecule has 0 saturated carbocycles. The van der Waals surface area contributed by atoms with E-state index in [0.29, 0.717) is 18.8 Å². The summed E-state index contributed by atoms with van der Waals surface area (Å²) in [5.74, 6) is -0.0516. The Morgan fingerprint density at radius 1 is 1.27 bits per heavy atom. The number of nitrogens with zero attached hydrogens (tertiary/aromatic N) is 3. The largest absolute Gasteiger partial charge is 0.370 e. The highest BCUT2D eigenvalue weighted by Crippen LogP contribution is 2.30. The smallest absolute Gasteiger partial charge is 0.274 e. The van der Waals surface area contributed by atoms with Crippen molar-refractivity contribution in [1.82, 2.24) is 14.3 Å². The van der Waals surface area contributed by atoms with E-state index < -0.39 is 0 Å². The second-order valence-electron chi connectivity index (χ2n) is 6.68. The summed E-state index contributed by atoms with van der Waals surface area (Å²) in [6.45, 7) is 5.13. The predicted octanol–water partition coefficient (Wildman–Crippen LogP) is 4.01. The van der Waals surface area contributed by atoms with Crippen molar-refractivity contribution < 1.29 is 9.53 Å². The number of hydrogen-bond acceptors (Lipinski definition) is 3. The first-order valence-corrected chi connectivity index (χ1v) is 9.45. The minimum atomic E-state index is -0.139. The number of morpholine rings is 1. The number of pyridine rings is 1. The number of hydrogen-bond donors (Lipinski definition) is 0. The number of amides is 1. The molecule has 1 fully saturated rings. The van der Waals surface area contributed by atoms with Crippen LogP contribution in [0.5, 0.6) is 0 Å². The average Bonchev–Trinajstić information content (AvgIpc) is 3.05. The topological polar surface area (TPSA) is 46.8 Å².